The minimum atomic E-state index is -4.85. The number of nitrogens with two attached hydrogens (primary N) is 1. The highest BCUT2D eigenvalue weighted by Crippen LogP contribution is 2.39. The van der Waals surface area contributed by atoms with E-state index in [1.54, 1.807) is 13.8 Å². The van der Waals surface area contributed by atoms with Crippen LogP contribution in [0, 0.1) is 5.92 Å². The smallest absolute Gasteiger partial charge is 0.391 e. The number of aliphatic hydroxyl groups excluding tert-OH is 1. The molecule has 0 saturated carbocycles. The number of benzene rings is 1. The lowest BCUT2D eigenvalue weighted by Crippen LogP contribution is -2.33. The molecular weight excluding hydrogens is 312 g/mol. The average molecular weight is 329 g/mol. The van der Waals surface area contributed by atoms with Crippen LogP contribution in [0.1, 0.15) is 43.0 Å². The van der Waals surface area contributed by atoms with Gasteiger partial charge in [0.15, 0.2) is 0 Å². The first kappa shape index (κ1) is 18.8. The Balaban J connectivity index is 3.40. The molecule has 0 amide bonds. The first-order valence-electron chi connectivity index (χ1n) is 6.61. The maximum absolute atomic E-state index is 13.0. The van der Waals surface area contributed by atoms with Gasteiger partial charge in [-0.2, -0.15) is 26.3 Å². The van der Waals surface area contributed by atoms with E-state index in [2.05, 4.69) is 0 Å². The number of aliphatic hydroxyl groups is 1. The summed E-state index contributed by atoms with van der Waals surface area (Å²) in [5.74, 6) is -0.453. The number of halogens is 6. The Hall–Kier alpha value is -1.28. The highest BCUT2D eigenvalue weighted by atomic mass is 19.4. The van der Waals surface area contributed by atoms with Gasteiger partial charge < -0.3 is 10.8 Å². The van der Waals surface area contributed by atoms with E-state index < -0.39 is 47.1 Å². The van der Waals surface area contributed by atoms with Gasteiger partial charge in [0.1, 0.15) is 0 Å². The van der Waals surface area contributed by atoms with Crippen molar-refractivity contribution in [3.05, 3.63) is 34.9 Å². The highest BCUT2D eigenvalue weighted by Gasteiger charge is 2.39. The molecule has 1 aromatic carbocycles. The molecule has 8 heteroatoms. The molecule has 0 aliphatic heterocycles. The van der Waals surface area contributed by atoms with Crippen LogP contribution >= 0.6 is 0 Å². The van der Waals surface area contributed by atoms with Crippen molar-refractivity contribution >= 4 is 0 Å². The van der Waals surface area contributed by atoms with Crippen molar-refractivity contribution in [1.82, 2.24) is 0 Å². The molecule has 1 rings (SSSR count). The van der Waals surface area contributed by atoms with Crippen LogP contribution < -0.4 is 5.73 Å². The zero-order chi connectivity index (χ0) is 17.3. The van der Waals surface area contributed by atoms with Gasteiger partial charge in [0, 0.05) is 0 Å². The number of rotatable bonds is 4. The van der Waals surface area contributed by atoms with Crippen molar-refractivity contribution in [2.45, 2.75) is 44.8 Å². The van der Waals surface area contributed by atoms with Crippen LogP contribution in [0.25, 0.3) is 0 Å². The first-order valence-corrected chi connectivity index (χ1v) is 6.61. The maximum Gasteiger partial charge on any atom is 0.416 e. The summed E-state index contributed by atoms with van der Waals surface area (Å²) >= 11 is 0. The summed E-state index contributed by atoms with van der Waals surface area (Å²) in [5, 5.41) is 9.95. The summed E-state index contributed by atoms with van der Waals surface area (Å²) in [5.41, 5.74) is 2.35. The fraction of sp³-hybridized carbons (Fsp3) is 0.571. The van der Waals surface area contributed by atoms with E-state index in [0.717, 1.165) is 0 Å². The fourth-order valence-corrected chi connectivity index (χ4v) is 2.05. The molecule has 0 saturated heterocycles. The van der Waals surface area contributed by atoms with Gasteiger partial charge in [0.05, 0.1) is 23.3 Å². The van der Waals surface area contributed by atoms with Gasteiger partial charge in [0.25, 0.3) is 0 Å². The lowest BCUT2D eigenvalue weighted by molar-refractivity contribution is -0.142. The van der Waals surface area contributed by atoms with E-state index in [0.29, 0.717) is 24.6 Å². The molecule has 0 fully saturated rings. The summed E-state index contributed by atoms with van der Waals surface area (Å²) < 4.78 is 77.0. The van der Waals surface area contributed by atoms with Gasteiger partial charge in [-0.3, -0.25) is 0 Å². The van der Waals surface area contributed by atoms with E-state index in [4.69, 9.17) is 5.73 Å². The number of hydrogen-bond acceptors (Lipinski definition) is 2. The van der Waals surface area contributed by atoms with Crippen molar-refractivity contribution in [3.63, 3.8) is 0 Å². The van der Waals surface area contributed by atoms with Crippen molar-refractivity contribution in [3.8, 4) is 0 Å². The second-order valence-electron chi connectivity index (χ2n) is 5.20. The molecule has 3 atom stereocenters. The van der Waals surface area contributed by atoms with Crippen LogP contribution in [0.2, 0.25) is 0 Å². The molecule has 0 bridgehead atoms. The summed E-state index contributed by atoms with van der Waals surface area (Å²) in [6.45, 7) is 3.25. The largest absolute Gasteiger partial charge is 0.416 e. The maximum atomic E-state index is 13.0. The Bertz CT molecular complexity index is 511. The second-order valence-corrected chi connectivity index (χ2v) is 5.20. The molecule has 22 heavy (non-hydrogen) atoms. The first-order chi connectivity index (χ1) is 9.89. The minimum Gasteiger partial charge on any atom is -0.391 e. The molecule has 3 N–H and O–H groups in total. The van der Waals surface area contributed by atoms with Gasteiger partial charge in [-0.25, -0.2) is 0 Å². The molecule has 1 unspecified atom stereocenters. The molecule has 0 radical (unpaired) electrons. The predicted octanol–water partition coefficient (Wildman–Crippen LogP) is 4.13. The summed E-state index contributed by atoms with van der Waals surface area (Å²) in [4.78, 5) is 0. The third kappa shape index (κ3) is 4.13. The molecular formula is C14H17F6NO. The van der Waals surface area contributed by atoms with Gasteiger partial charge in [-0.05, 0) is 29.7 Å². The van der Waals surface area contributed by atoms with Crippen molar-refractivity contribution in [1.29, 1.82) is 0 Å². The van der Waals surface area contributed by atoms with Gasteiger partial charge in [-0.1, -0.05) is 20.3 Å². The van der Waals surface area contributed by atoms with Crippen molar-refractivity contribution in [2.24, 2.45) is 11.7 Å². The van der Waals surface area contributed by atoms with E-state index in [9.17, 15) is 31.4 Å². The quantitative estimate of drug-likeness (QED) is 0.816. The van der Waals surface area contributed by atoms with Crippen LogP contribution in [0.4, 0.5) is 26.3 Å². The van der Waals surface area contributed by atoms with Crippen LogP contribution in [0.15, 0.2) is 18.2 Å². The highest BCUT2D eigenvalue weighted by molar-refractivity contribution is 5.38. The Morgan fingerprint density at radius 1 is 1.09 bits per heavy atom. The SMILES string of the molecule is CCC(C)[C@H](O)[C@H](N)c1cc(C(F)(F)F)ccc1C(F)(F)F. The monoisotopic (exact) mass is 329 g/mol. The number of alkyl halides is 6. The molecule has 0 aromatic heterocycles. The Kier molecular flexibility index (Phi) is 5.51. The van der Waals surface area contributed by atoms with Crippen molar-refractivity contribution < 1.29 is 31.4 Å². The van der Waals surface area contributed by atoms with E-state index in [1.807, 2.05) is 0 Å². The lowest BCUT2D eigenvalue weighted by atomic mass is 9.88. The lowest BCUT2D eigenvalue weighted by Gasteiger charge is -2.27. The minimum absolute atomic E-state index is 0.349. The Morgan fingerprint density at radius 2 is 1.64 bits per heavy atom. The fourth-order valence-electron chi connectivity index (χ4n) is 2.05. The van der Waals surface area contributed by atoms with Crippen LogP contribution in [0.5, 0.6) is 0 Å². The Morgan fingerprint density at radius 3 is 2.05 bits per heavy atom. The standard InChI is InChI=1S/C14H17F6NO/c1-3-7(2)12(22)11(21)9-6-8(13(15,16)17)4-5-10(9)14(18,19)20/h4-7,11-12,22H,3,21H2,1-2H3/t7?,11-,12+/m1/s1. The van der Waals surface area contributed by atoms with Gasteiger partial charge in [-0.15, -0.1) is 0 Å². The average Bonchev–Trinajstić information content (AvgIpc) is 2.42. The summed E-state index contributed by atoms with van der Waals surface area (Å²) in [6.07, 6.45) is -10.6. The third-order valence-corrected chi connectivity index (χ3v) is 3.64. The molecule has 0 heterocycles. The molecule has 126 valence electrons. The topological polar surface area (TPSA) is 46.2 Å². The van der Waals surface area contributed by atoms with E-state index >= 15 is 0 Å². The molecule has 1 aromatic rings. The van der Waals surface area contributed by atoms with Crippen LogP contribution in [-0.2, 0) is 12.4 Å². The zero-order valence-electron chi connectivity index (χ0n) is 12.0. The van der Waals surface area contributed by atoms with E-state index in [1.165, 1.54) is 0 Å². The Labute approximate surface area is 123 Å². The predicted molar refractivity (Wildman–Crippen MR) is 68.8 cm³/mol. The molecule has 0 aliphatic carbocycles. The van der Waals surface area contributed by atoms with Gasteiger partial charge >= 0.3 is 12.4 Å². The molecule has 0 spiro atoms. The summed E-state index contributed by atoms with van der Waals surface area (Å²) in [7, 11) is 0. The van der Waals surface area contributed by atoms with Crippen LogP contribution in [-0.4, -0.2) is 11.2 Å². The van der Waals surface area contributed by atoms with Crippen LogP contribution in [0.3, 0.4) is 0 Å². The normalized spacial score (nSPS) is 17.2. The second kappa shape index (κ2) is 6.45. The van der Waals surface area contributed by atoms with Gasteiger partial charge in [0.2, 0.25) is 0 Å². The third-order valence-electron chi connectivity index (χ3n) is 3.64. The van der Waals surface area contributed by atoms with E-state index in [-0.39, 0.29) is 0 Å². The van der Waals surface area contributed by atoms with Crippen molar-refractivity contribution in [2.75, 3.05) is 0 Å². The summed E-state index contributed by atoms with van der Waals surface area (Å²) in [6, 6.07) is -0.497. The number of hydrogen-bond donors (Lipinski definition) is 2. The molecule has 0 aliphatic rings. The zero-order valence-corrected chi connectivity index (χ0v) is 12.0. The molecule has 2 nitrogen and oxygen atoms in total.